The van der Waals surface area contributed by atoms with Crippen LogP contribution in [-0.4, -0.2) is 46.2 Å². The highest BCUT2D eigenvalue weighted by Crippen LogP contribution is 2.26. The number of rotatable bonds is 17. The van der Waals surface area contributed by atoms with Crippen molar-refractivity contribution in [2.24, 2.45) is 0 Å². The third kappa shape index (κ3) is 11.4. The third-order valence-electron chi connectivity index (χ3n) is 4.49. The van der Waals surface area contributed by atoms with Gasteiger partial charge in [-0.1, -0.05) is 51.9 Å². The van der Waals surface area contributed by atoms with Crippen LogP contribution in [0.3, 0.4) is 0 Å². The van der Waals surface area contributed by atoms with Gasteiger partial charge in [-0.25, -0.2) is 0 Å². The summed E-state index contributed by atoms with van der Waals surface area (Å²) in [5.74, 6) is -1.28. The van der Waals surface area contributed by atoms with E-state index in [0.717, 1.165) is 12.8 Å². The van der Waals surface area contributed by atoms with Crippen LogP contribution < -0.4 is 0 Å². The molecule has 26 heavy (non-hydrogen) atoms. The first-order chi connectivity index (χ1) is 12.3. The fourth-order valence-electron chi connectivity index (χ4n) is 2.95. The first kappa shape index (κ1) is 25.6. The molecule has 0 spiro atoms. The molecule has 4 nitrogen and oxygen atoms in total. The number of hydrogen-bond donors (Lipinski definition) is 0. The van der Waals surface area contributed by atoms with Gasteiger partial charge < -0.3 is 18.9 Å². The summed E-state index contributed by atoms with van der Waals surface area (Å²) in [5, 5.41) is 0. The lowest BCUT2D eigenvalue weighted by molar-refractivity contribution is -0.394. The predicted molar refractivity (Wildman–Crippen MR) is 96.0 cm³/mol. The van der Waals surface area contributed by atoms with Crippen molar-refractivity contribution in [3.63, 3.8) is 0 Å². The molecule has 0 aromatic carbocycles. The molecule has 0 radical (unpaired) electrons. The molecule has 0 aliphatic heterocycles. The van der Waals surface area contributed by atoms with Gasteiger partial charge in [0.1, 0.15) is 6.10 Å². The molecule has 1 unspecified atom stereocenters. The molecular formula is C19H37F3O4. The lowest BCUT2D eigenvalue weighted by Gasteiger charge is -2.36. The summed E-state index contributed by atoms with van der Waals surface area (Å²) < 4.78 is 58.5. The molecule has 0 saturated heterocycles. The van der Waals surface area contributed by atoms with Crippen molar-refractivity contribution in [2.75, 3.05) is 27.9 Å². The average Bonchev–Trinajstić information content (AvgIpc) is 2.61. The van der Waals surface area contributed by atoms with Crippen LogP contribution >= 0.6 is 0 Å². The maximum atomic E-state index is 12.2. The Morgan fingerprint density at radius 2 is 1.27 bits per heavy atom. The second-order valence-electron chi connectivity index (χ2n) is 6.56. The molecule has 158 valence electrons. The quantitative estimate of drug-likeness (QED) is 0.232. The van der Waals surface area contributed by atoms with Crippen LogP contribution in [0.4, 0.5) is 13.2 Å². The van der Waals surface area contributed by atoms with E-state index in [9.17, 15) is 13.2 Å². The van der Waals surface area contributed by atoms with E-state index in [1.807, 2.05) is 0 Å². The largest absolute Gasteiger partial charge is 0.389 e. The highest BCUT2D eigenvalue weighted by atomic mass is 19.4. The summed E-state index contributed by atoms with van der Waals surface area (Å²) in [6, 6.07) is 0. The van der Waals surface area contributed by atoms with Crippen LogP contribution in [-0.2, 0) is 18.9 Å². The second-order valence-corrected chi connectivity index (χ2v) is 6.56. The molecule has 0 aliphatic rings. The standard InChI is InChI=1S/C19H37F3O4/c1-5-6-7-8-9-11-14-17(19(23-2,24-3)25-4)26-16-13-10-12-15-18(20,21)22/h17H,5-16H2,1-4H3. The van der Waals surface area contributed by atoms with Gasteiger partial charge in [-0.3, -0.25) is 0 Å². The van der Waals surface area contributed by atoms with E-state index in [1.54, 1.807) is 0 Å². The Hall–Kier alpha value is -0.370. The van der Waals surface area contributed by atoms with Crippen molar-refractivity contribution < 1.29 is 32.1 Å². The van der Waals surface area contributed by atoms with Crippen molar-refractivity contribution in [1.82, 2.24) is 0 Å². The van der Waals surface area contributed by atoms with Crippen LogP contribution in [0.25, 0.3) is 0 Å². The van der Waals surface area contributed by atoms with Crippen LogP contribution in [0.2, 0.25) is 0 Å². The van der Waals surface area contributed by atoms with Gasteiger partial charge in [0.2, 0.25) is 0 Å². The number of ether oxygens (including phenoxy) is 4. The fraction of sp³-hybridized carbons (Fsp3) is 1.00. The van der Waals surface area contributed by atoms with Gasteiger partial charge in [-0.2, -0.15) is 13.2 Å². The highest BCUT2D eigenvalue weighted by molar-refractivity contribution is 4.72. The molecule has 0 aromatic rings. The molecule has 0 heterocycles. The molecular weight excluding hydrogens is 349 g/mol. The summed E-state index contributed by atoms with van der Waals surface area (Å²) in [4.78, 5) is 0. The zero-order valence-corrected chi connectivity index (χ0v) is 16.8. The highest BCUT2D eigenvalue weighted by Gasteiger charge is 2.40. The minimum Gasteiger partial charge on any atom is -0.370 e. The van der Waals surface area contributed by atoms with Crippen molar-refractivity contribution in [3.8, 4) is 0 Å². The van der Waals surface area contributed by atoms with Crippen LogP contribution in [0.5, 0.6) is 0 Å². The second kappa shape index (κ2) is 14.7. The molecule has 0 saturated carbocycles. The van der Waals surface area contributed by atoms with Gasteiger partial charge in [-0.15, -0.1) is 0 Å². The van der Waals surface area contributed by atoms with Gasteiger partial charge in [0.05, 0.1) is 0 Å². The smallest absolute Gasteiger partial charge is 0.370 e. The van der Waals surface area contributed by atoms with Gasteiger partial charge in [0, 0.05) is 34.4 Å². The van der Waals surface area contributed by atoms with E-state index in [2.05, 4.69) is 6.92 Å². The SMILES string of the molecule is CCCCCCCCC(OCCCCCC(F)(F)F)C(OC)(OC)OC. The van der Waals surface area contributed by atoms with Gasteiger partial charge >= 0.3 is 12.1 Å². The number of halogens is 3. The Balaban J connectivity index is 4.32. The Morgan fingerprint density at radius 3 is 1.81 bits per heavy atom. The monoisotopic (exact) mass is 386 g/mol. The molecule has 0 amide bonds. The van der Waals surface area contributed by atoms with E-state index < -0.39 is 24.7 Å². The van der Waals surface area contributed by atoms with Crippen molar-refractivity contribution in [1.29, 1.82) is 0 Å². The summed E-state index contributed by atoms with van der Waals surface area (Å²) in [7, 11) is 4.48. The Labute approximate surface area is 156 Å². The van der Waals surface area contributed by atoms with Crippen LogP contribution in [0.1, 0.15) is 77.6 Å². The van der Waals surface area contributed by atoms with E-state index in [0.29, 0.717) is 25.9 Å². The number of hydrogen-bond acceptors (Lipinski definition) is 4. The molecule has 1 atom stereocenters. The molecule has 7 heteroatoms. The molecule has 0 bridgehead atoms. The number of alkyl halides is 3. The minimum atomic E-state index is -4.08. The Bertz CT molecular complexity index is 312. The molecule has 0 aromatic heterocycles. The first-order valence-corrected chi connectivity index (χ1v) is 9.69. The number of unbranched alkanes of at least 4 members (excludes halogenated alkanes) is 7. The van der Waals surface area contributed by atoms with E-state index in [1.165, 1.54) is 47.0 Å². The molecule has 0 fully saturated rings. The van der Waals surface area contributed by atoms with Crippen LogP contribution in [0, 0.1) is 0 Å². The molecule has 0 rings (SSSR count). The van der Waals surface area contributed by atoms with Gasteiger partial charge in [-0.05, 0) is 19.3 Å². The fourth-order valence-corrected chi connectivity index (χ4v) is 2.95. The third-order valence-corrected chi connectivity index (χ3v) is 4.49. The maximum Gasteiger partial charge on any atom is 0.389 e. The van der Waals surface area contributed by atoms with E-state index >= 15 is 0 Å². The topological polar surface area (TPSA) is 36.9 Å². The van der Waals surface area contributed by atoms with Crippen molar-refractivity contribution in [2.45, 2.75) is 95.8 Å². The van der Waals surface area contributed by atoms with Crippen LogP contribution in [0.15, 0.2) is 0 Å². The van der Waals surface area contributed by atoms with Crippen molar-refractivity contribution >= 4 is 0 Å². The summed E-state index contributed by atoms with van der Waals surface area (Å²) in [5.41, 5.74) is 0. The number of methoxy groups -OCH3 is 3. The van der Waals surface area contributed by atoms with Gasteiger partial charge in [0.15, 0.2) is 0 Å². The zero-order chi connectivity index (χ0) is 19.9. The first-order valence-electron chi connectivity index (χ1n) is 9.69. The predicted octanol–water partition coefficient (Wildman–Crippen LogP) is 5.84. The molecule has 0 N–H and O–H groups in total. The lowest BCUT2D eigenvalue weighted by atomic mass is 10.1. The van der Waals surface area contributed by atoms with Gasteiger partial charge in [0.25, 0.3) is 0 Å². The summed E-state index contributed by atoms with van der Waals surface area (Å²) >= 11 is 0. The average molecular weight is 386 g/mol. The molecule has 0 aliphatic carbocycles. The maximum absolute atomic E-state index is 12.2. The summed E-state index contributed by atoms with van der Waals surface area (Å²) in [6.07, 6.45) is 3.54. The minimum absolute atomic E-state index is 0.124. The zero-order valence-electron chi connectivity index (χ0n) is 16.8. The normalized spacial score (nSPS) is 14.0. The Morgan fingerprint density at radius 1 is 0.731 bits per heavy atom. The van der Waals surface area contributed by atoms with E-state index in [-0.39, 0.29) is 6.42 Å². The Kier molecular flexibility index (Phi) is 14.5. The summed E-state index contributed by atoms with van der Waals surface area (Å²) in [6.45, 7) is 2.54. The lowest BCUT2D eigenvalue weighted by Crippen LogP contribution is -2.49. The van der Waals surface area contributed by atoms with E-state index in [4.69, 9.17) is 18.9 Å². The van der Waals surface area contributed by atoms with Crippen molar-refractivity contribution in [3.05, 3.63) is 0 Å².